The van der Waals surface area contributed by atoms with E-state index in [-0.39, 0.29) is 0 Å². The second kappa shape index (κ2) is 13.9. The lowest BCUT2D eigenvalue weighted by molar-refractivity contribution is 0.417. The van der Waals surface area contributed by atoms with Crippen molar-refractivity contribution in [1.82, 2.24) is 0 Å². The highest BCUT2D eigenvalue weighted by atomic mass is 16.5. The van der Waals surface area contributed by atoms with Gasteiger partial charge >= 0.3 is 0 Å². The van der Waals surface area contributed by atoms with E-state index in [0.717, 1.165) is 58.8 Å². The molecule has 6 aliphatic carbocycles. The molecule has 0 amide bonds. The van der Waals surface area contributed by atoms with Gasteiger partial charge in [-0.1, -0.05) is 112 Å². The van der Waals surface area contributed by atoms with Crippen LogP contribution in [0.1, 0.15) is 162 Å². The Bertz CT molecular complexity index is 1690. The molecule has 51 heavy (non-hydrogen) atoms. The van der Waals surface area contributed by atoms with Crippen LogP contribution in [0.25, 0.3) is 22.3 Å². The average Bonchev–Trinajstić information content (AvgIpc) is 4.03. The summed E-state index contributed by atoms with van der Waals surface area (Å²) in [6, 6.07) is 33.4. The molecule has 0 heterocycles. The fourth-order valence-electron chi connectivity index (χ4n) is 12.3. The first-order chi connectivity index (χ1) is 25.2. The molecule has 10 rings (SSSR count). The summed E-state index contributed by atoms with van der Waals surface area (Å²) in [4.78, 5) is 0. The maximum atomic E-state index is 6.47. The second-order valence-corrected chi connectivity index (χ2v) is 18.2. The highest BCUT2D eigenvalue weighted by Crippen LogP contribution is 2.55. The molecule has 6 unspecified atom stereocenters. The molecule has 0 N–H and O–H groups in total. The molecule has 6 aliphatic rings. The molecule has 1 heteroatoms. The Morgan fingerprint density at radius 2 is 0.765 bits per heavy atom. The van der Waals surface area contributed by atoms with Crippen molar-refractivity contribution in [1.29, 1.82) is 0 Å². The molecule has 4 aromatic carbocycles. The van der Waals surface area contributed by atoms with Crippen LogP contribution in [-0.4, -0.2) is 0 Å². The number of benzene rings is 4. The SMILES string of the molecule is c1cc(-c2cc(C3CCCCC3)cc(C3CC4CCC3C4)c2)ccc1Oc1ccc(-c2cc(C3CCCCC3)cc(C3CC4CCC3C4)c2)cc1. The zero-order valence-electron chi connectivity index (χ0n) is 30.8. The van der Waals surface area contributed by atoms with Gasteiger partial charge in [-0.3, -0.25) is 0 Å². The van der Waals surface area contributed by atoms with Crippen LogP contribution >= 0.6 is 0 Å². The molecule has 264 valence electrons. The standard InChI is InChI=1S/C50H58O/c1-3-7-35(8-4-1)41-27-43(31-45(29-41)49-25-33-11-13-39(49)23-33)37-15-19-47(20-16-37)51-48-21-17-38(18-22-48)44-28-42(36-9-5-2-6-10-36)30-46(32-44)50-26-34-12-14-40(50)24-34/h15-22,27-36,39-40,49-50H,1-14,23-26H2. The van der Waals surface area contributed by atoms with Crippen LogP contribution in [0.3, 0.4) is 0 Å². The van der Waals surface area contributed by atoms with Crippen molar-refractivity contribution < 1.29 is 4.74 Å². The van der Waals surface area contributed by atoms with Gasteiger partial charge in [0.1, 0.15) is 11.5 Å². The van der Waals surface area contributed by atoms with E-state index in [1.54, 1.807) is 22.3 Å². The summed E-state index contributed by atoms with van der Waals surface area (Å²) in [5, 5.41) is 0. The van der Waals surface area contributed by atoms with E-state index in [1.807, 2.05) is 0 Å². The Balaban J connectivity index is 0.880. The van der Waals surface area contributed by atoms with Crippen molar-refractivity contribution in [3.05, 3.63) is 107 Å². The zero-order chi connectivity index (χ0) is 33.7. The Kier molecular flexibility index (Phi) is 8.82. The van der Waals surface area contributed by atoms with Crippen LogP contribution in [0, 0.1) is 23.7 Å². The summed E-state index contributed by atoms with van der Waals surface area (Å²) >= 11 is 0. The summed E-state index contributed by atoms with van der Waals surface area (Å²) < 4.78 is 6.47. The van der Waals surface area contributed by atoms with Gasteiger partial charge in [-0.25, -0.2) is 0 Å². The molecule has 0 aromatic heterocycles. The predicted molar refractivity (Wildman–Crippen MR) is 212 cm³/mol. The van der Waals surface area contributed by atoms with Crippen molar-refractivity contribution in [3.63, 3.8) is 0 Å². The molecule has 0 saturated heterocycles. The summed E-state index contributed by atoms with van der Waals surface area (Å²) in [5.41, 5.74) is 11.9. The number of hydrogen-bond acceptors (Lipinski definition) is 1. The lowest BCUT2D eigenvalue weighted by atomic mass is 9.78. The zero-order valence-corrected chi connectivity index (χ0v) is 30.8. The molecular formula is C50H58O. The Morgan fingerprint density at radius 1 is 0.353 bits per heavy atom. The monoisotopic (exact) mass is 674 g/mol. The molecule has 6 fully saturated rings. The fraction of sp³-hybridized carbons (Fsp3) is 0.520. The molecular weight excluding hydrogens is 617 g/mol. The van der Waals surface area contributed by atoms with Crippen molar-refractivity contribution in [3.8, 4) is 33.8 Å². The second-order valence-electron chi connectivity index (χ2n) is 18.2. The smallest absolute Gasteiger partial charge is 0.127 e. The minimum absolute atomic E-state index is 0.737. The van der Waals surface area contributed by atoms with E-state index in [1.165, 1.54) is 138 Å². The predicted octanol–water partition coefficient (Wildman–Crippen LogP) is 14.7. The Hall–Kier alpha value is -3.32. The summed E-state index contributed by atoms with van der Waals surface area (Å²) in [5.74, 6) is 8.64. The van der Waals surface area contributed by atoms with Crippen LogP contribution < -0.4 is 4.74 Å². The maximum absolute atomic E-state index is 6.47. The van der Waals surface area contributed by atoms with E-state index >= 15 is 0 Å². The van der Waals surface area contributed by atoms with Crippen molar-refractivity contribution in [2.45, 2.75) is 139 Å². The van der Waals surface area contributed by atoms with E-state index in [4.69, 9.17) is 4.74 Å². The number of rotatable bonds is 8. The lowest BCUT2D eigenvalue weighted by Crippen LogP contribution is -2.11. The minimum atomic E-state index is 0.737. The first-order valence-electron chi connectivity index (χ1n) is 21.4. The number of fused-ring (bicyclic) bond motifs is 4. The average molecular weight is 675 g/mol. The van der Waals surface area contributed by atoms with Gasteiger partial charge in [0.25, 0.3) is 0 Å². The van der Waals surface area contributed by atoms with Crippen molar-refractivity contribution in [2.75, 3.05) is 0 Å². The van der Waals surface area contributed by atoms with Crippen LogP contribution in [0.15, 0.2) is 84.9 Å². The molecule has 0 aliphatic heterocycles. The van der Waals surface area contributed by atoms with Gasteiger partial charge < -0.3 is 4.74 Å². The summed E-state index contributed by atoms with van der Waals surface area (Å²) in [6.07, 6.45) is 25.4. The molecule has 0 spiro atoms. The van der Waals surface area contributed by atoms with Gasteiger partial charge in [-0.15, -0.1) is 0 Å². The fourth-order valence-corrected chi connectivity index (χ4v) is 12.3. The quantitative estimate of drug-likeness (QED) is 0.181. The van der Waals surface area contributed by atoms with E-state index in [2.05, 4.69) is 84.9 Å². The third-order valence-electron chi connectivity index (χ3n) is 15.1. The number of ether oxygens (including phenoxy) is 1. The van der Waals surface area contributed by atoms with Crippen molar-refractivity contribution in [2.24, 2.45) is 23.7 Å². The normalized spacial score (nSPS) is 29.2. The van der Waals surface area contributed by atoms with Gasteiger partial charge in [-0.2, -0.15) is 0 Å². The summed E-state index contributed by atoms with van der Waals surface area (Å²) in [6.45, 7) is 0. The van der Waals surface area contributed by atoms with Gasteiger partial charge in [0, 0.05) is 0 Å². The third kappa shape index (κ3) is 6.62. The third-order valence-corrected chi connectivity index (χ3v) is 15.1. The molecule has 6 saturated carbocycles. The highest BCUT2D eigenvalue weighted by Gasteiger charge is 2.41. The first-order valence-corrected chi connectivity index (χ1v) is 21.4. The molecule has 4 bridgehead atoms. The molecule has 4 aromatic rings. The first kappa shape index (κ1) is 32.3. The van der Waals surface area contributed by atoms with E-state index in [0.29, 0.717) is 0 Å². The number of hydrogen-bond donors (Lipinski definition) is 0. The van der Waals surface area contributed by atoms with Crippen LogP contribution in [-0.2, 0) is 0 Å². The largest absolute Gasteiger partial charge is 0.457 e. The Morgan fingerprint density at radius 3 is 1.14 bits per heavy atom. The lowest BCUT2D eigenvalue weighted by Gasteiger charge is -2.27. The Labute approximate surface area is 307 Å². The topological polar surface area (TPSA) is 9.23 Å². The van der Waals surface area contributed by atoms with Crippen LogP contribution in [0.4, 0.5) is 0 Å². The van der Waals surface area contributed by atoms with Crippen LogP contribution in [0.2, 0.25) is 0 Å². The van der Waals surface area contributed by atoms with Crippen LogP contribution in [0.5, 0.6) is 11.5 Å². The van der Waals surface area contributed by atoms with E-state index in [9.17, 15) is 0 Å². The van der Waals surface area contributed by atoms with E-state index < -0.39 is 0 Å². The molecule has 1 nitrogen and oxygen atoms in total. The maximum Gasteiger partial charge on any atom is 0.127 e. The van der Waals surface area contributed by atoms with Gasteiger partial charge in [0.15, 0.2) is 0 Å². The molecule has 0 radical (unpaired) electrons. The molecule has 6 atom stereocenters. The van der Waals surface area contributed by atoms with Crippen molar-refractivity contribution >= 4 is 0 Å². The summed E-state index contributed by atoms with van der Waals surface area (Å²) in [7, 11) is 0. The minimum Gasteiger partial charge on any atom is -0.457 e. The van der Waals surface area contributed by atoms with Gasteiger partial charge in [-0.05, 0) is 180 Å². The van der Waals surface area contributed by atoms with Gasteiger partial charge in [0.2, 0.25) is 0 Å². The van der Waals surface area contributed by atoms with Gasteiger partial charge in [0.05, 0.1) is 0 Å². The highest BCUT2D eigenvalue weighted by molar-refractivity contribution is 5.68.